The molecule has 1 atom stereocenters. The summed E-state index contributed by atoms with van der Waals surface area (Å²) in [4.78, 5) is 35.4. The van der Waals surface area contributed by atoms with E-state index in [1.807, 2.05) is 19.1 Å². The highest BCUT2D eigenvalue weighted by atomic mass is 16.6. The van der Waals surface area contributed by atoms with Crippen LogP contribution in [0, 0.1) is 10.1 Å². The van der Waals surface area contributed by atoms with Gasteiger partial charge in [-0.2, -0.15) is 0 Å². The lowest BCUT2D eigenvalue weighted by atomic mass is 9.95. The predicted octanol–water partition coefficient (Wildman–Crippen LogP) is 2.89. The van der Waals surface area contributed by atoms with Crippen LogP contribution in [0.5, 0.6) is 5.75 Å². The molecule has 1 unspecified atom stereocenters. The molecule has 1 amide bonds. The number of benzene rings is 2. The van der Waals surface area contributed by atoms with E-state index in [2.05, 4.69) is 5.32 Å². The second kappa shape index (κ2) is 7.45. The average molecular weight is 370 g/mol. The quantitative estimate of drug-likeness (QED) is 0.493. The third-order valence-corrected chi connectivity index (χ3v) is 4.40. The Hall–Kier alpha value is -3.42. The van der Waals surface area contributed by atoms with E-state index in [0.717, 1.165) is 17.5 Å². The molecule has 27 heavy (non-hydrogen) atoms. The van der Waals surface area contributed by atoms with Gasteiger partial charge >= 0.3 is 5.97 Å². The first kappa shape index (κ1) is 18.4. The molecular formula is C19H18N2O6. The summed E-state index contributed by atoms with van der Waals surface area (Å²) in [7, 11) is 1.39. The van der Waals surface area contributed by atoms with Crippen molar-refractivity contribution < 1.29 is 24.0 Å². The number of nitro benzene ring substituents is 1. The second-order valence-electron chi connectivity index (χ2n) is 6.07. The van der Waals surface area contributed by atoms with Crippen LogP contribution in [0.1, 0.15) is 28.4 Å². The highest BCUT2D eigenvalue weighted by Gasteiger charge is 2.32. The number of hydrogen-bond donors (Lipinski definition) is 1. The fraction of sp³-hybridized carbons (Fsp3) is 0.263. The minimum Gasteiger partial charge on any atom is -0.496 e. The number of carbonyl (C=O) groups is 2. The second-order valence-corrected chi connectivity index (χ2v) is 6.07. The topological polar surface area (TPSA) is 108 Å². The summed E-state index contributed by atoms with van der Waals surface area (Å²) in [6.07, 6.45) is -0.0408. The van der Waals surface area contributed by atoms with Crippen LogP contribution in [0.25, 0.3) is 0 Å². The van der Waals surface area contributed by atoms with Gasteiger partial charge in [0.15, 0.2) is 6.10 Å². The van der Waals surface area contributed by atoms with E-state index in [-0.39, 0.29) is 17.8 Å². The van der Waals surface area contributed by atoms with Crippen molar-refractivity contribution in [2.75, 3.05) is 12.4 Å². The first-order valence-corrected chi connectivity index (χ1v) is 8.39. The van der Waals surface area contributed by atoms with Gasteiger partial charge in [0.25, 0.3) is 11.6 Å². The first-order chi connectivity index (χ1) is 12.9. The Morgan fingerprint density at radius 1 is 1.33 bits per heavy atom. The molecule has 2 aromatic rings. The molecule has 0 fully saturated rings. The zero-order valence-corrected chi connectivity index (χ0v) is 14.9. The summed E-state index contributed by atoms with van der Waals surface area (Å²) >= 11 is 0. The van der Waals surface area contributed by atoms with Crippen molar-refractivity contribution in [3.05, 3.63) is 63.2 Å². The smallest absolute Gasteiger partial charge is 0.339 e. The summed E-state index contributed by atoms with van der Waals surface area (Å²) in [6, 6.07) is 9.51. The zero-order valence-electron chi connectivity index (χ0n) is 14.9. The molecule has 8 nitrogen and oxygen atoms in total. The van der Waals surface area contributed by atoms with Crippen molar-refractivity contribution in [1.29, 1.82) is 0 Å². The SMILES string of the molecule is CCc1ccc2c(c1)CC(C(=O)Nc1ccc(OC)cc1[N+](=O)[O-])OC2=O. The summed E-state index contributed by atoms with van der Waals surface area (Å²) < 4.78 is 10.2. The molecular weight excluding hydrogens is 352 g/mol. The summed E-state index contributed by atoms with van der Waals surface area (Å²) in [5.74, 6) is -0.905. The van der Waals surface area contributed by atoms with Crippen LogP contribution < -0.4 is 10.1 Å². The molecule has 0 aliphatic carbocycles. The van der Waals surface area contributed by atoms with Gasteiger partial charge in [-0.1, -0.05) is 19.1 Å². The number of esters is 1. The molecule has 8 heteroatoms. The number of ether oxygens (including phenoxy) is 2. The number of carbonyl (C=O) groups excluding carboxylic acids is 2. The predicted molar refractivity (Wildman–Crippen MR) is 97.0 cm³/mol. The Labute approximate surface area is 155 Å². The number of nitrogens with zero attached hydrogens (tertiary/aromatic N) is 1. The maximum Gasteiger partial charge on any atom is 0.339 e. The number of nitrogens with one attached hydrogen (secondary N) is 1. The van der Waals surface area contributed by atoms with Crippen LogP contribution in [-0.4, -0.2) is 30.0 Å². The molecule has 1 heterocycles. The van der Waals surface area contributed by atoms with E-state index in [1.165, 1.54) is 25.3 Å². The molecule has 0 saturated heterocycles. The van der Waals surface area contributed by atoms with Gasteiger partial charge in [0.1, 0.15) is 11.4 Å². The van der Waals surface area contributed by atoms with Crippen LogP contribution in [0.4, 0.5) is 11.4 Å². The molecule has 3 rings (SSSR count). The monoisotopic (exact) mass is 370 g/mol. The standard InChI is InChI=1S/C19H18N2O6/c1-3-11-4-6-14-12(8-11)9-17(27-19(14)23)18(22)20-15-7-5-13(26-2)10-16(15)21(24)25/h4-8,10,17H,3,9H2,1-2H3,(H,20,22). The molecule has 140 valence electrons. The number of nitro groups is 1. The molecule has 0 aromatic heterocycles. The van der Waals surface area contributed by atoms with E-state index in [1.54, 1.807) is 6.07 Å². The molecule has 0 saturated carbocycles. The number of fused-ring (bicyclic) bond motifs is 1. The minimum atomic E-state index is -1.06. The molecule has 1 aliphatic heterocycles. The maximum absolute atomic E-state index is 12.6. The highest BCUT2D eigenvalue weighted by molar-refractivity contribution is 6.01. The lowest BCUT2D eigenvalue weighted by Crippen LogP contribution is -2.38. The van der Waals surface area contributed by atoms with Crippen molar-refractivity contribution in [3.8, 4) is 5.75 Å². The maximum atomic E-state index is 12.6. The molecule has 0 radical (unpaired) electrons. The summed E-state index contributed by atoms with van der Waals surface area (Å²) in [5, 5.41) is 13.7. The van der Waals surface area contributed by atoms with Crippen molar-refractivity contribution in [3.63, 3.8) is 0 Å². The van der Waals surface area contributed by atoms with Gasteiger partial charge in [-0.15, -0.1) is 0 Å². The van der Waals surface area contributed by atoms with Gasteiger partial charge in [-0.25, -0.2) is 4.79 Å². The van der Waals surface area contributed by atoms with Crippen LogP contribution in [-0.2, 0) is 22.4 Å². The highest BCUT2D eigenvalue weighted by Crippen LogP contribution is 2.30. The van der Waals surface area contributed by atoms with Crippen molar-refractivity contribution in [1.82, 2.24) is 0 Å². The number of amides is 1. The third-order valence-electron chi connectivity index (χ3n) is 4.40. The van der Waals surface area contributed by atoms with E-state index < -0.39 is 22.9 Å². The van der Waals surface area contributed by atoms with Crippen LogP contribution in [0.15, 0.2) is 36.4 Å². The Bertz CT molecular complexity index is 924. The zero-order chi connectivity index (χ0) is 19.6. The lowest BCUT2D eigenvalue weighted by Gasteiger charge is -2.24. The van der Waals surface area contributed by atoms with E-state index in [4.69, 9.17) is 9.47 Å². The minimum absolute atomic E-state index is 0.00922. The number of hydrogen-bond acceptors (Lipinski definition) is 6. The van der Waals surface area contributed by atoms with Crippen molar-refractivity contribution in [2.24, 2.45) is 0 Å². The summed E-state index contributed by atoms with van der Waals surface area (Å²) in [5.41, 5.74) is 1.92. The fourth-order valence-corrected chi connectivity index (χ4v) is 2.92. The van der Waals surface area contributed by atoms with E-state index >= 15 is 0 Å². The van der Waals surface area contributed by atoms with Gasteiger partial charge in [0.05, 0.1) is 23.7 Å². The van der Waals surface area contributed by atoms with Gasteiger partial charge in [-0.05, 0) is 35.7 Å². The molecule has 1 N–H and O–H groups in total. The molecule has 0 bridgehead atoms. The lowest BCUT2D eigenvalue weighted by molar-refractivity contribution is -0.384. The molecule has 2 aromatic carbocycles. The number of aryl methyl sites for hydroxylation is 1. The van der Waals surface area contributed by atoms with Gasteiger partial charge in [0.2, 0.25) is 0 Å². The Morgan fingerprint density at radius 3 is 2.78 bits per heavy atom. The summed E-state index contributed by atoms with van der Waals surface area (Å²) in [6.45, 7) is 2.00. The van der Waals surface area contributed by atoms with Crippen molar-refractivity contribution >= 4 is 23.3 Å². The fourth-order valence-electron chi connectivity index (χ4n) is 2.92. The normalized spacial score (nSPS) is 15.5. The average Bonchev–Trinajstić information content (AvgIpc) is 2.67. The largest absolute Gasteiger partial charge is 0.496 e. The van der Waals surface area contributed by atoms with Gasteiger partial charge < -0.3 is 14.8 Å². The number of methoxy groups -OCH3 is 1. The van der Waals surface area contributed by atoms with E-state index in [9.17, 15) is 19.7 Å². The number of rotatable bonds is 5. The number of cyclic esters (lactones) is 1. The Morgan fingerprint density at radius 2 is 2.11 bits per heavy atom. The molecule has 0 spiro atoms. The third kappa shape index (κ3) is 3.74. The van der Waals surface area contributed by atoms with Crippen LogP contribution in [0.2, 0.25) is 0 Å². The van der Waals surface area contributed by atoms with Crippen molar-refractivity contribution in [2.45, 2.75) is 25.9 Å². The Kier molecular flexibility index (Phi) is 5.07. The van der Waals surface area contributed by atoms with Crippen LogP contribution >= 0.6 is 0 Å². The first-order valence-electron chi connectivity index (χ1n) is 8.39. The number of anilines is 1. The van der Waals surface area contributed by atoms with E-state index in [0.29, 0.717) is 11.3 Å². The van der Waals surface area contributed by atoms with Gasteiger partial charge in [0, 0.05) is 6.42 Å². The Balaban J connectivity index is 1.83. The van der Waals surface area contributed by atoms with Gasteiger partial charge in [-0.3, -0.25) is 14.9 Å². The molecule has 1 aliphatic rings. The van der Waals surface area contributed by atoms with Crippen LogP contribution in [0.3, 0.4) is 0 Å².